The van der Waals surface area contributed by atoms with E-state index in [9.17, 15) is 18.0 Å². The van der Waals surface area contributed by atoms with E-state index in [0.717, 1.165) is 5.56 Å². The summed E-state index contributed by atoms with van der Waals surface area (Å²) < 4.78 is 46.1. The maximum atomic E-state index is 13.9. The molecule has 236 valence electrons. The first-order chi connectivity index (χ1) is 20.5. The number of hydrogen-bond acceptors (Lipinski definition) is 9. The number of likely N-dealkylation sites (tertiary alicyclic amines) is 1. The van der Waals surface area contributed by atoms with Crippen molar-refractivity contribution in [2.75, 3.05) is 45.1 Å². The van der Waals surface area contributed by atoms with Crippen molar-refractivity contribution in [3.63, 3.8) is 0 Å². The van der Waals surface area contributed by atoms with E-state index in [4.69, 9.17) is 25.7 Å². The van der Waals surface area contributed by atoms with E-state index in [1.165, 1.54) is 33.5 Å². The third-order valence-electron chi connectivity index (χ3n) is 7.42. The lowest BCUT2D eigenvalue weighted by Gasteiger charge is -2.34. The lowest BCUT2D eigenvalue weighted by atomic mass is 10.0. The van der Waals surface area contributed by atoms with Crippen molar-refractivity contribution in [2.45, 2.75) is 62.3 Å². The molecule has 0 saturated carbocycles. The summed E-state index contributed by atoms with van der Waals surface area (Å²) in [6, 6.07) is 14.3. The lowest BCUT2D eigenvalue weighted by molar-refractivity contribution is 0.0324. The van der Waals surface area contributed by atoms with Gasteiger partial charge in [0, 0.05) is 37.8 Å². The number of sulfonamides is 1. The van der Waals surface area contributed by atoms with Crippen LogP contribution in [0, 0.1) is 5.92 Å². The van der Waals surface area contributed by atoms with Gasteiger partial charge in [0.15, 0.2) is 0 Å². The van der Waals surface area contributed by atoms with Gasteiger partial charge < -0.3 is 35.9 Å². The number of anilines is 1. The Balaban J connectivity index is 1.67. The minimum atomic E-state index is -4.03. The molecule has 4 rings (SSSR count). The van der Waals surface area contributed by atoms with Crippen molar-refractivity contribution >= 4 is 27.9 Å². The highest BCUT2D eigenvalue weighted by Gasteiger charge is 2.37. The molecule has 43 heavy (non-hydrogen) atoms. The molecule has 2 aliphatic rings. The van der Waals surface area contributed by atoms with Crippen LogP contribution in [0.5, 0.6) is 0 Å². The molecule has 0 spiro atoms. The predicted molar refractivity (Wildman–Crippen MR) is 162 cm³/mol. The molecule has 2 aromatic carbocycles. The molecule has 2 amide bonds. The molecule has 0 radical (unpaired) electrons. The first kappa shape index (κ1) is 32.5. The number of carbonyl (C=O) groups excluding carboxylic acids is 2. The van der Waals surface area contributed by atoms with Gasteiger partial charge in [0.25, 0.3) is 0 Å². The molecule has 2 aromatic rings. The first-order valence-electron chi connectivity index (χ1n) is 14.7. The molecule has 4 atom stereocenters. The number of amides is 2. The Kier molecular flexibility index (Phi) is 11.2. The van der Waals surface area contributed by atoms with E-state index in [1.807, 2.05) is 44.2 Å². The number of ether oxygens (including phenoxy) is 3. The maximum absolute atomic E-state index is 13.9. The Hall–Kier alpha value is -3.39. The molecule has 2 heterocycles. The summed E-state index contributed by atoms with van der Waals surface area (Å²) in [4.78, 5) is 28.1. The third-order valence-corrected chi connectivity index (χ3v) is 9.26. The molecule has 0 aromatic heterocycles. The van der Waals surface area contributed by atoms with Crippen LogP contribution < -0.4 is 16.8 Å². The van der Waals surface area contributed by atoms with Gasteiger partial charge in [-0.2, -0.15) is 4.31 Å². The van der Waals surface area contributed by atoms with Gasteiger partial charge in [0.1, 0.15) is 12.2 Å². The lowest BCUT2D eigenvalue weighted by Crippen LogP contribution is -2.54. The summed E-state index contributed by atoms with van der Waals surface area (Å²) in [6.45, 7) is 5.29. The fourth-order valence-corrected chi connectivity index (χ4v) is 6.77. The van der Waals surface area contributed by atoms with Crippen molar-refractivity contribution in [2.24, 2.45) is 11.7 Å². The summed E-state index contributed by atoms with van der Waals surface area (Å²) in [6.07, 6.45) is -1.32. The third kappa shape index (κ3) is 9.30. The van der Waals surface area contributed by atoms with Crippen molar-refractivity contribution in [1.29, 1.82) is 0 Å². The summed E-state index contributed by atoms with van der Waals surface area (Å²) in [5.74, 6) is -0.0515. The van der Waals surface area contributed by atoms with E-state index in [0.29, 0.717) is 44.8 Å². The van der Waals surface area contributed by atoms with Crippen LogP contribution in [0.3, 0.4) is 0 Å². The van der Waals surface area contributed by atoms with Crippen LogP contribution in [0.15, 0.2) is 59.5 Å². The Bertz CT molecular complexity index is 1300. The predicted octanol–water partition coefficient (Wildman–Crippen LogP) is 2.58. The minimum Gasteiger partial charge on any atom is -0.444 e. The summed E-state index contributed by atoms with van der Waals surface area (Å²) in [5, 5.41) is 2.88. The number of hydrogen-bond donors (Lipinski definition) is 3. The van der Waals surface area contributed by atoms with Gasteiger partial charge in [-0.05, 0) is 48.6 Å². The van der Waals surface area contributed by atoms with E-state index < -0.39 is 40.5 Å². The van der Waals surface area contributed by atoms with E-state index in [2.05, 4.69) is 5.32 Å². The maximum Gasteiger partial charge on any atom is 0.410 e. The number of alkyl carbamates (subject to hydrolysis) is 1. The topological polar surface area (TPSA) is 167 Å². The molecule has 13 heteroatoms. The van der Waals surface area contributed by atoms with Gasteiger partial charge in [-0.15, -0.1) is 0 Å². The van der Waals surface area contributed by atoms with Crippen LogP contribution in [0.25, 0.3) is 0 Å². The number of nitrogens with zero attached hydrogens (tertiary/aromatic N) is 2. The van der Waals surface area contributed by atoms with E-state index in [-0.39, 0.29) is 36.4 Å². The Labute approximate surface area is 253 Å². The normalized spacial score (nSPS) is 20.3. The molecule has 0 unspecified atom stereocenters. The van der Waals surface area contributed by atoms with Crippen LogP contribution in [0.4, 0.5) is 15.3 Å². The van der Waals surface area contributed by atoms with Crippen LogP contribution in [0.2, 0.25) is 0 Å². The highest BCUT2D eigenvalue weighted by molar-refractivity contribution is 7.89. The SMILES string of the molecule is CC(C)CN(C[C@H](OC(=O)N1CC[C@H](N)C1)[C@@H](Cc1ccccc1)NC(=O)O[C@H]1CCOC1)S(=O)(=O)c1ccc(N)cc1. The van der Waals surface area contributed by atoms with E-state index >= 15 is 0 Å². The molecule has 2 saturated heterocycles. The van der Waals surface area contributed by atoms with Crippen LogP contribution in [0.1, 0.15) is 32.3 Å². The summed E-state index contributed by atoms with van der Waals surface area (Å²) in [5.41, 5.74) is 13.1. The number of carbonyl (C=O) groups is 2. The van der Waals surface area contributed by atoms with Gasteiger partial charge in [-0.1, -0.05) is 44.2 Å². The van der Waals surface area contributed by atoms with Gasteiger partial charge in [0.05, 0.1) is 30.7 Å². The van der Waals surface area contributed by atoms with Crippen molar-refractivity contribution < 1.29 is 32.2 Å². The number of nitrogens with one attached hydrogen (secondary N) is 1. The zero-order valence-electron chi connectivity index (χ0n) is 24.8. The molecule has 2 aliphatic heterocycles. The fourth-order valence-electron chi connectivity index (χ4n) is 5.16. The highest BCUT2D eigenvalue weighted by atomic mass is 32.2. The van der Waals surface area contributed by atoms with Crippen LogP contribution >= 0.6 is 0 Å². The van der Waals surface area contributed by atoms with Gasteiger partial charge >= 0.3 is 12.2 Å². The monoisotopic (exact) mass is 617 g/mol. The number of rotatable bonds is 12. The van der Waals surface area contributed by atoms with Crippen molar-refractivity contribution in [3.05, 3.63) is 60.2 Å². The standard InChI is InChI=1S/C30H43N5O7S/c1-21(2)17-35(43(38,39)26-10-8-23(31)9-11-26)19-28(42-30(37)34-14-12-24(32)18-34)27(16-22-6-4-3-5-7-22)33-29(36)41-25-13-15-40-20-25/h3-11,21,24-25,27-28H,12-20,31-32H2,1-2H3,(H,33,36)/t24-,25-,27+,28-/m0/s1. The Morgan fingerprint density at radius 1 is 1.09 bits per heavy atom. The number of nitrogen functional groups attached to an aromatic ring is 1. The second-order valence-corrected chi connectivity index (χ2v) is 13.5. The largest absolute Gasteiger partial charge is 0.444 e. The first-order valence-corrected chi connectivity index (χ1v) is 16.1. The van der Waals surface area contributed by atoms with Crippen LogP contribution in [-0.4, -0.2) is 93.5 Å². The molecule has 0 bridgehead atoms. The minimum absolute atomic E-state index is 0.0515. The number of nitrogens with two attached hydrogens (primary N) is 2. The Morgan fingerprint density at radius 3 is 2.42 bits per heavy atom. The summed E-state index contributed by atoms with van der Waals surface area (Å²) >= 11 is 0. The molecular weight excluding hydrogens is 574 g/mol. The quantitative estimate of drug-likeness (QED) is 0.303. The molecular formula is C30H43N5O7S. The average molecular weight is 618 g/mol. The van der Waals surface area contributed by atoms with Crippen LogP contribution in [-0.2, 0) is 30.7 Å². The molecule has 0 aliphatic carbocycles. The van der Waals surface area contributed by atoms with Gasteiger partial charge in [-0.3, -0.25) is 0 Å². The van der Waals surface area contributed by atoms with Gasteiger partial charge in [-0.25, -0.2) is 18.0 Å². The zero-order valence-corrected chi connectivity index (χ0v) is 25.6. The van der Waals surface area contributed by atoms with Crippen molar-refractivity contribution in [3.8, 4) is 0 Å². The second-order valence-electron chi connectivity index (χ2n) is 11.5. The number of benzene rings is 2. The second kappa shape index (κ2) is 14.9. The Morgan fingerprint density at radius 2 is 1.81 bits per heavy atom. The molecule has 12 nitrogen and oxygen atoms in total. The zero-order chi connectivity index (χ0) is 31.0. The fraction of sp³-hybridized carbons (Fsp3) is 0.533. The highest BCUT2D eigenvalue weighted by Crippen LogP contribution is 2.22. The summed E-state index contributed by atoms with van der Waals surface area (Å²) in [7, 11) is -4.03. The average Bonchev–Trinajstić information content (AvgIpc) is 3.64. The van der Waals surface area contributed by atoms with Crippen molar-refractivity contribution in [1.82, 2.24) is 14.5 Å². The van der Waals surface area contributed by atoms with E-state index in [1.54, 1.807) is 0 Å². The van der Waals surface area contributed by atoms with Gasteiger partial charge in [0.2, 0.25) is 10.0 Å². The molecule has 2 fully saturated rings. The molecule has 5 N–H and O–H groups in total. The smallest absolute Gasteiger partial charge is 0.410 e.